The van der Waals surface area contributed by atoms with Crippen LogP contribution in [0.3, 0.4) is 0 Å². The Balaban J connectivity index is 2.52. The highest BCUT2D eigenvalue weighted by Crippen LogP contribution is 2.71. The van der Waals surface area contributed by atoms with Crippen LogP contribution in [0.4, 0.5) is 13.2 Å². The highest BCUT2D eigenvalue weighted by molar-refractivity contribution is 8.33. The number of esters is 1. The van der Waals surface area contributed by atoms with Gasteiger partial charge in [0.25, 0.3) is 0 Å². The molecule has 0 aliphatic carbocycles. The van der Waals surface area contributed by atoms with E-state index in [0.29, 0.717) is 0 Å². The van der Waals surface area contributed by atoms with Gasteiger partial charge in [-0.3, -0.25) is 0 Å². The summed E-state index contributed by atoms with van der Waals surface area (Å²) in [4.78, 5) is 13.1. The minimum atomic E-state index is -6.14. The predicted octanol–water partition coefficient (Wildman–Crippen LogP) is 8.13. The van der Waals surface area contributed by atoms with E-state index < -0.39 is 31.9 Å². The van der Waals surface area contributed by atoms with Crippen LogP contribution in [0.25, 0.3) is 0 Å². The Hall–Kier alpha value is -2.82. The summed E-state index contributed by atoms with van der Waals surface area (Å²) in [5.74, 6) is -0.840. The molecule has 0 bridgehead atoms. The van der Waals surface area contributed by atoms with Crippen molar-refractivity contribution in [1.82, 2.24) is 0 Å². The lowest BCUT2D eigenvalue weighted by molar-refractivity contribution is -0.0496. The van der Waals surface area contributed by atoms with Crippen LogP contribution < -0.4 is 0 Å². The molecule has 0 N–H and O–H groups in total. The molecule has 0 heterocycles. The number of benzene rings is 3. The maximum atomic E-state index is 13.9. The summed E-state index contributed by atoms with van der Waals surface area (Å²) in [6.45, 7) is 11.9. The molecule has 0 atom stereocenters. The van der Waals surface area contributed by atoms with E-state index in [0.717, 1.165) is 18.2 Å². The molecule has 0 amide bonds. The number of ether oxygens (including phenoxy) is 1. The van der Waals surface area contributed by atoms with Gasteiger partial charge >= 0.3 is 21.6 Å². The van der Waals surface area contributed by atoms with Gasteiger partial charge in [-0.2, -0.15) is 25.2 Å². The Bertz CT molecular complexity index is 1370. The third-order valence-corrected chi connectivity index (χ3v) is 11.1. The molecule has 10 heteroatoms. The van der Waals surface area contributed by atoms with Crippen LogP contribution in [0, 0.1) is 0 Å². The first-order valence-electron chi connectivity index (χ1n) is 12.1. The monoisotopic (exact) mass is 582 g/mol. The van der Waals surface area contributed by atoms with E-state index in [9.17, 15) is 26.4 Å². The molecule has 212 valence electrons. The second-order valence-electron chi connectivity index (χ2n) is 11.1. The number of alkyl halides is 3. The van der Waals surface area contributed by atoms with Gasteiger partial charge in [0.1, 0.15) is 0 Å². The first kappa shape index (κ1) is 30.7. The van der Waals surface area contributed by atoms with Crippen LogP contribution >= 0.6 is 10.3 Å². The number of hydrogen-bond donors (Lipinski definition) is 0. The first-order valence-corrected chi connectivity index (χ1v) is 15.1. The largest absolute Gasteiger partial charge is 0.524 e. The zero-order chi connectivity index (χ0) is 29.4. The van der Waals surface area contributed by atoms with Crippen LogP contribution in [0.15, 0.2) is 87.5 Å². The van der Waals surface area contributed by atoms with Gasteiger partial charge in [-0.15, -0.1) is 0 Å². The van der Waals surface area contributed by atoms with Crippen LogP contribution in [-0.2, 0) is 29.3 Å². The fraction of sp³-hybridized carbons (Fsp3) is 0.345. The van der Waals surface area contributed by atoms with Crippen molar-refractivity contribution in [3.05, 3.63) is 89.5 Å². The maximum Gasteiger partial charge on any atom is 0.524 e. The Morgan fingerprint density at radius 1 is 0.692 bits per heavy atom. The molecule has 3 aromatic carbocycles. The third-order valence-electron chi connectivity index (χ3n) is 6.18. The Kier molecular flexibility index (Phi) is 8.37. The van der Waals surface area contributed by atoms with Crippen molar-refractivity contribution in [3.8, 4) is 0 Å². The van der Waals surface area contributed by atoms with Crippen LogP contribution in [0.1, 0.15) is 63.0 Å². The second kappa shape index (κ2) is 10.6. The van der Waals surface area contributed by atoms with Gasteiger partial charge in [-0.05, 0) is 68.7 Å². The third kappa shape index (κ3) is 6.18. The Labute approximate surface area is 230 Å². The molecule has 0 aliphatic heterocycles. The van der Waals surface area contributed by atoms with Crippen molar-refractivity contribution in [2.75, 3.05) is 7.11 Å². The molecule has 0 spiro atoms. The zero-order valence-electron chi connectivity index (χ0n) is 22.9. The molecule has 0 radical (unpaired) electrons. The number of carbonyl (C=O) groups excluding carboxylic acids is 1. The first-order chi connectivity index (χ1) is 17.8. The molecule has 0 saturated carbocycles. The predicted molar refractivity (Wildman–Crippen MR) is 147 cm³/mol. The number of halogens is 3. The highest BCUT2D eigenvalue weighted by Gasteiger charge is 2.53. The van der Waals surface area contributed by atoms with Crippen molar-refractivity contribution >= 4 is 26.4 Å². The van der Waals surface area contributed by atoms with E-state index in [2.05, 4.69) is 0 Å². The topological polar surface area (TPSA) is 69.7 Å². The van der Waals surface area contributed by atoms with E-state index in [1.165, 1.54) is 24.3 Å². The zero-order valence-corrected chi connectivity index (χ0v) is 24.6. The van der Waals surface area contributed by atoms with Gasteiger partial charge in [0.05, 0.1) is 12.7 Å². The standard InChI is InChI=1S/C29H33F3O5S2/c1-27(2,3)20-12-16-22(17-13-20)38(37-39(34,35)29(30,31)32,23-18-14-21(15-19-23)28(4,5)6)25-11-9-8-10-24(25)26(33)36-7/h8-19H,1-7H3. The van der Waals surface area contributed by atoms with E-state index in [4.69, 9.17) is 8.37 Å². The minimum absolute atomic E-state index is 0.0308. The Morgan fingerprint density at radius 3 is 1.46 bits per heavy atom. The number of methoxy groups -OCH3 is 1. The second-order valence-corrected chi connectivity index (χ2v) is 15.5. The average Bonchev–Trinajstić information content (AvgIpc) is 2.85. The molecule has 3 aromatic rings. The molecule has 0 aliphatic rings. The lowest BCUT2D eigenvalue weighted by atomic mass is 9.87. The maximum absolute atomic E-state index is 13.9. The highest BCUT2D eigenvalue weighted by atomic mass is 32.3. The van der Waals surface area contributed by atoms with Gasteiger partial charge in [0.15, 0.2) is 0 Å². The SMILES string of the molecule is COC(=O)c1ccccc1S(OS(=O)(=O)C(F)(F)F)(c1ccc(C(C)(C)C)cc1)c1ccc(C(C)(C)C)cc1. The van der Waals surface area contributed by atoms with Gasteiger partial charge in [0.2, 0.25) is 0 Å². The van der Waals surface area contributed by atoms with Gasteiger partial charge in [-0.25, -0.2) is 4.79 Å². The van der Waals surface area contributed by atoms with Crippen LogP contribution in [0.2, 0.25) is 0 Å². The lowest BCUT2D eigenvalue weighted by Crippen LogP contribution is -2.28. The summed E-state index contributed by atoms with van der Waals surface area (Å²) >= 11 is 0. The molecular weight excluding hydrogens is 549 g/mol. The lowest BCUT2D eigenvalue weighted by Gasteiger charge is -2.40. The van der Waals surface area contributed by atoms with Gasteiger partial charge in [-0.1, -0.05) is 77.9 Å². The molecule has 3 rings (SSSR count). The fourth-order valence-corrected chi connectivity index (χ4v) is 8.82. The summed E-state index contributed by atoms with van der Waals surface area (Å²) in [5.41, 5.74) is -4.62. The normalized spacial score (nSPS) is 13.7. The van der Waals surface area contributed by atoms with Gasteiger partial charge < -0.3 is 4.74 Å². The minimum Gasteiger partial charge on any atom is -0.465 e. The van der Waals surface area contributed by atoms with Gasteiger partial charge in [0, 0.05) is 14.7 Å². The Morgan fingerprint density at radius 2 is 1.10 bits per heavy atom. The molecular formula is C29H33F3O5S2. The van der Waals surface area contributed by atoms with Crippen molar-refractivity contribution in [2.45, 2.75) is 72.6 Å². The van der Waals surface area contributed by atoms with Crippen molar-refractivity contribution in [1.29, 1.82) is 0 Å². The van der Waals surface area contributed by atoms with Crippen molar-refractivity contribution in [2.24, 2.45) is 0 Å². The number of hydrogen-bond acceptors (Lipinski definition) is 5. The summed E-state index contributed by atoms with van der Waals surface area (Å²) in [5, 5.41) is 0. The van der Waals surface area contributed by atoms with Crippen LogP contribution in [-0.4, -0.2) is 27.0 Å². The van der Waals surface area contributed by atoms with E-state index in [1.807, 2.05) is 41.5 Å². The smallest absolute Gasteiger partial charge is 0.465 e. The van der Waals surface area contributed by atoms with E-state index >= 15 is 0 Å². The number of carbonyl (C=O) groups is 1. The van der Waals surface area contributed by atoms with E-state index in [-0.39, 0.29) is 31.1 Å². The summed E-state index contributed by atoms with van der Waals surface area (Å²) in [7, 11) is -8.70. The molecule has 0 aromatic heterocycles. The fourth-order valence-electron chi connectivity index (χ4n) is 3.97. The molecule has 0 fully saturated rings. The number of rotatable bonds is 6. The van der Waals surface area contributed by atoms with Crippen molar-refractivity contribution in [3.63, 3.8) is 0 Å². The molecule has 5 nitrogen and oxygen atoms in total. The van der Waals surface area contributed by atoms with Crippen molar-refractivity contribution < 1.29 is 34.7 Å². The quantitative estimate of drug-likeness (QED) is 0.217. The molecule has 0 unspecified atom stereocenters. The summed E-state index contributed by atoms with van der Waals surface area (Å²) in [6.07, 6.45) is 0. The average molecular weight is 583 g/mol. The summed E-state index contributed by atoms with van der Waals surface area (Å²) in [6, 6.07) is 19.0. The van der Waals surface area contributed by atoms with Crippen LogP contribution in [0.5, 0.6) is 0 Å². The molecule has 0 saturated heterocycles. The van der Waals surface area contributed by atoms with E-state index in [1.54, 1.807) is 48.5 Å². The molecule has 39 heavy (non-hydrogen) atoms. The summed E-state index contributed by atoms with van der Waals surface area (Å²) < 4.78 is 77.4.